The van der Waals surface area contributed by atoms with Gasteiger partial charge in [-0.1, -0.05) is 81.7 Å². The van der Waals surface area contributed by atoms with E-state index in [4.69, 9.17) is 69.6 Å². The molecule has 0 bridgehead atoms. The second kappa shape index (κ2) is 10.2. The van der Waals surface area contributed by atoms with Gasteiger partial charge in [0.05, 0.1) is 41.8 Å². The lowest BCUT2D eigenvalue weighted by Gasteiger charge is -2.34. The first-order valence-electron chi connectivity index (χ1n) is 10.1. The fraction of sp³-hybridized carbons (Fsp3) is 0.0833. The van der Waals surface area contributed by atoms with Crippen molar-refractivity contribution < 1.29 is 19.2 Å². The van der Waals surface area contributed by atoms with E-state index in [1.54, 1.807) is 12.1 Å². The minimum atomic E-state index is -1.36. The van der Waals surface area contributed by atoms with Crippen molar-refractivity contribution in [3.8, 4) is 0 Å². The van der Waals surface area contributed by atoms with Crippen LogP contribution in [0.1, 0.15) is 48.4 Å². The summed E-state index contributed by atoms with van der Waals surface area (Å²) in [5.74, 6) is -3.51. The van der Waals surface area contributed by atoms with E-state index < -0.39 is 29.5 Å². The minimum Gasteiger partial charge on any atom is -0.292 e. The van der Waals surface area contributed by atoms with Crippen LogP contribution in [-0.2, 0) is 0 Å². The Labute approximate surface area is 235 Å². The van der Waals surface area contributed by atoms with Gasteiger partial charge in [-0.2, -0.15) is 5.01 Å². The number of ketones is 1. The number of imide groups is 1. The zero-order valence-electron chi connectivity index (χ0n) is 18.0. The largest absolute Gasteiger partial charge is 0.292 e. The van der Waals surface area contributed by atoms with Gasteiger partial charge in [0.15, 0.2) is 5.78 Å². The third kappa shape index (κ3) is 4.36. The Bertz CT molecular complexity index is 1410. The van der Waals surface area contributed by atoms with Gasteiger partial charge < -0.3 is 0 Å². The molecule has 0 N–H and O–H groups in total. The van der Waals surface area contributed by atoms with E-state index in [0.717, 1.165) is 5.01 Å². The summed E-state index contributed by atoms with van der Waals surface area (Å²) in [5.41, 5.74) is -0.560. The number of rotatable bonds is 5. The molecule has 36 heavy (non-hydrogen) atoms. The first-order chi connectivity index (χ1) is 17.0. The van der Waals surface area contributed by atoms with E-state index in [2.05, 4.69) is 0 Å². The monoisotopic (exact) mass is 602 g/mol. The molecule has 0 unspecified atom stereocenters. The van der Waals surface area contributed by atoms with Gasteiger partial charge in [0.2, 0.25) is 0 Å². The van der Waals surface area contributed by atoms with Gasteiger partial charge in [-0.05, 0) is 43.3 Å². The lowest BCUT2D eigenvalue weighted by atomic mass is 10.0. The molecule has 1 atom stereocenters. The van der Waals surface area contributed by atoms with Crippen LogP contribution in [0.2, 0.25) is 30.1 Å². The highest BCUT2D eigenvalue weighted by atomic mass is 35.5. The highest BCUT2D eigenvalue weighted by molar-refractivity contribution is 6.55. The number of hydrazine groups is 1. The van der Waals surface area contributed by atoms with E-state index in [0.29, 0.717) is 10.0 Å². The molecule has 0 radical (unpaired) electrons. The molecular weight excluding hydrogens is 593 g/mol. The first kappa shape index (κ1) is 26.7. The molecule has 12 heteroatoms. The average molecular weight is 605 g/mol. The SMILES string of the molecule is C[C@H](C(=O)c1ccc(Cl)cc1)N(C(=O)c1ccccc1Cl)N1C(=O)c2c(Cl)c(Cl)c(Cl)c(Cl)c2C1=O. The summed E-state index contributed by atoms with van der Waals surface area (Å²) in [6.45, 7) is 1.36. The average Bonchev–Trinajstić information content (AvgIpc) is 3.12. The van der Waals surface area contributed by atoms with Gasteiger partial charge in [0.25, 0.3) is 17.7 Å². The summed E-state index contributed by atoms with van der Waals surface area (Å²) >= 11 is 36.8. The Morgan fingerprint density at radius 1 is 0.750 bits per heavy atom. The molecule has 0 fully saturated rings. The molecule has 1 aliphatic rings. The Kier molecular flexibility index (Phi) is 7.58. The molecule has 0 spiro atoms. The Balaban J connectivity index is 1.88. The molecule has 3 amide bonds. The molecule has 0 saturated carbocycles. The third-order valence-electron chi connectivity index (χ3n) is 5.48. The molecule has 3 aromatic rings. The molecule has 1 aliphatic heterocycles. The maximum atomic E-state index is 13.7. The summed E-state index contributed by atoms with van der Waals surface area (Å²) in [6.07, 6.45) is 0. The smallest absolute Gasteiger partial charge is 0.282 e. The number of halogens is 6. The number of carbonyl (C=O) groups excluding carboxylic acids is 4. The van der Waals surface area contributed by atoms with Crippen molar-refractivity contribution in [1.29, 1.82) is 0 Å². The summed E-state index contributed by atoms with van der Waals surface area (Å²) < 4.78 is 0. The van der Waals surface area contributed by atoms with Crippen molar-refractivity contribution in [2.75, 3.05) is 0 Å². The van der Waals surface area contributed by atoms with Gasteiger partial charge in [-0.3, -0.25) is 19.2 Å². The maximum Gasteiger partial charge on any atom is 0.282 e. The van der Waals surface area contributed by atoms with E-state index in [-0.39, 0.29) is 47.4 Å². The van der Waals surface area contributed by atoms with Crippen LogP contribution in [0, 0.1) is 0 Å². The summed E-state index contributed by atoms with van der Waals surface area (Å²) in [7, 11) is 0. The lowest BCUT2D eigenvalue weighted by Crippen LogP contribution is -2.56. The number of nitrogens with zero attached hydrogens (tertiary/aromatic N) is 2. The van der Waals surface area contributed by atoms with Crippen LogP contribution in [0.5, 0.6) is 0 Å². The van der Waals surface area contributed by atoms with E-state index in [1.165, 1.54) is 43.3 Å². The van der Waals surface area contributed by atoms with Gasteiger partial charge in [-0.25, -0.2) is 5.01 Å². The summed E-state index contributed by atoms with van der Waals surface area (Å²) in [5, 5.41) is 0.543. The summed E-state index contributed by atoms with van der Waals surface area (Å²) in [4.78, 5) is 54.2. The second-order valence-corrected chi connectivity index (χ2v) is 9.96. The van der Waals surface area contributed by atoms with Crippen molar-refractivity contribution in [2.45, 2.75) is 13.0 Å². The number of Topliss-reactive ketones (excluding diaryl/α,β-unsaturated/α-hetero) is 1. The summed E-state index contributed by atoms with van der Waals surface area (Å²) in [6, 6.07) is 10.5. The van der Waals surface area contributed by atoms with Crippen molar-refractivity contribution in [3.05, 3.63) is 101 Å². The fourth-order valence-corrected chi connectivity index (χ4v) is 5.05. The molecule has 0 aliphatic carbocycles. The molecule has 0 aromatic heterocycles. The van der Waals surface area contributed by atoms with Gasteiger partial charge in [0, 0.05) is 10.6 Å². The Morgan fingerprint density at radius 2 is 1.25 bits per heavy atom. The van der Waals surface area contributed by atoms with Crippen LogP contribution in [0.15, 0.2) is 48.5 Å². The third-order valence-corrected chi connectivity index (χ3v) is 7.87. The van der Waals surface area contributed by atoms with Crippen LogP contribution in [0.25, 0.3) is 0 Å². The van der Waals surface area contributed by atoms with Crippen LogP contribution >= 0.6 is 69.6 Å². The predicted molar refractivity (Wildman–Crippen MR) is 140 cm³/mol. The number of hydrogen-bond acceptors (Lipinski definition) is 4. The Hall–Kier alpha value is -2.32. The van der Waals surface area contributed by atoms with Gasteiger partial charge >= 0.3 is 0 Å². The minimum absolute atomic E-state index is 0.0393. The standard InChI is InChI=1S/C24H12Cl6N2O4/c1-10(21(33)11-6-8-12(25)9-7-11)31(22(34)13-4-2-3-5-14(13)26)32-23(35)15-16(24(32)36)18(28)20(30)19(29)17(15)27/h2-10H,1H3/t10-/m1/s1. The predicted octanol–water partition coefficient (Wildman–Crippen LogP) is 7.53. The maximum absolute atomic E-state index is 13.7. The van der Waals surface area contributed by atoms with Gasteiger partial charge in [0.1, 0.15) is 6.04 Å². The van der Waals surface area contributed by atoms with E-state index in [9.17, 15) is 19.2 Å². The van der Waals surface area contributed by atoms with Crippen molar-refractivity contribution in [3.63, 3.8) is 0 Å². The molecular formula is C24H12Cl6N2O4. The molecule has 1 heterocycles. The number of fused-ring (bicyclic) bond motifs is 1. The molecule has 3 aromatic carbocycles. The fourth-order valence-electron chi connectivity index (χ4n) is 3.70. The highest BCUT2D eigenvalue weighted by Crippen LogP contribution is 2.45. The van der Waals surface area contributed by atoms with Crippen LogP contribution in [-0.4, -0.2) is 39.6 Å². The highest BCUT2D eigenvalue weighted by Gasteiger charge is 2.48. The van der Waals surface area contributed by atoms with Crippen molar-refractivity contribution in [1.82, 2.24) is 10.0 Å². The topological polar surface area (TPSA) is 74.8 Å². The molecule has 4 rings (SSSR count). The number of amides is 3. The van der Waals surface area contributed by atoms with E-state index >= 15 is 0 Å². The Morgan fingerprint density at radius 3 is 1.75 bits per heavy atom. The molecule has 6 nitrogen and oxygen atoms in total. The molecule has 0 saturated heterocycles. The van der Waals surface area contributed by atoms with Crippen LogP contribution in [0.3, 0.4) is 0 Å². The number of hydrogen-bond donors (Lipinski definition) is 0. The van der Waals surface area contributed by atoms with E-state index in [1.807, 2.05) is 0 Å². The quantitative estimate of drug-likeness (QED) is 0.131. The van der Waals surface area contributed by atoms with Crippen molar-refractivity contribution >= 4 is 93.1 Å². The van der Waals surface area contributed by atoms with Gasteiger partial charge in [-0.15, -0.1) is 0 Å². The number of benzene rings is 3. The van der Waals surface area contributed by atoms with Crippen LogP contribution < -0.4 is 0 Å². The number of carbonyl (C=O) groups is 4. The molecule has 184 valence electrons. The van der Waals surface area contributed by atoms with Crippen molar-refractivity contribution in [2.24, 2.45) is 0 Å². The zero-order valence-corrected chi connectivity index (χ0v) is 22.5. The second-order valence-electron chi connectivity index (χ2n) is 7.60. The lowest BCUT2D eigenvalue weighted by molar-refractivity contribution is -0.00679. The first-order valence-corrected chi connectivity index (χ1v) is 12.4. The normalized spacial score (nSPS) is 13.6. The zero-order chi connectivity index (χ0) is 26.5. The van der Waals surface area contributed by atoms with Crippen LogP contribution in [0.4, 0.5) is 0 Å².